The summed E-state index contributed by atoms with van der Waals surface area (Å²) in [4.78, 5) is 15.9. The molecule has 1 atom stereocenters. The van der Waals surface area contributed by atoms with Crippen LogP contribution in [0.3, 0.4) is 0 Å². The molecule has 0 N–H and O–H groups in total. The summed E-state index contributed by atoms with van der Waals surface area (Å²) >= 11 is 6.89. The van der Waals surface area contributed by atoms with Gasteiger partial charge in [-0.05, 0) is 55.5 Å². The first kappa shape index (κ1) is 30.7. The van der Waals surface area contributed by atoms with Crippen LogP contribution in [0.1, 0.15) is 64.4 Å². The van der Waals surface area contributed by atoms with Crippen molar-refractivity contribution in [3.05, 3.63) is 71.3 Å². The molecule has 222 valence electrons. The lowest BCUT2D eigenvalue weighted by atomic mass is 10.0. The molecular weight excluding hydrogens is 585 g/mol. The lowest BCUT2D eigenvalue weighted by molar-refractivity contribution is -0.122. The summed E-state index contributed by atoms with van der Waals surface area (Å²) in [6, 6.07) is 16.7. The maximum atomic E-state index is 13.6. The molecule has 2 aromatic carbocycles. The third-order valence-corrected chi connectivity index (χ3v) is 11.0. The fraction of sp³-hybridized carbons (Fsp3) is 0.406. The minimum atomic E-state index is -3.64. The molecular formula is C32H38N4O3S3. The quantitative estimate of drug-likeness (QED) is 0.129. The summed E-state index contributed by atoms with van der Waals surface area (Å²) < 4.78 is 31.1. The van der Waals surface area contributed by atoms with Gasteiger partial charge in [-0.25, -0.2) is 13.1 Å². The van der Waals surface area contributed by atoms with Crippen LogP contribution < -0.4 is 0 Å². The Morgan fingerprint density at radius 3 is 2.62 bits per heavy atom. The molecule has 2 aliphatic rings. The van der Waals surface area contributed by atoms with E-state index < -0.39 is 10.0 Å². The maximum Gasteiger partial charge on any atom is 0.266 e. The largest absolute Gasteiger partial charge is 0.293 e. The highest BCUT2D eigenvalue weighted by Crippen LogP contribution is 2.36. The molecule has 0 aliphatic carbocycles. The minimum Gasteiger partial charge on any atom is -0.293 e. The monoisotopic (exact) mass is 622 g/mol. The first-order valence-electron chi connectivity index (χ1n) is 14.8. The van der Waals surface area contributed by atoms with Crippen molar-refractivity contribution in [2.75, 3.05) is 19.6 Å². The fourth-order valence-corrected chi connectivity index (χ4v) is 8.40. The molecule has 7 nitrogen and oxygen atoms in total. The molecule has 2 aliphatic heterocycles. The van der Waals surface area contributed by atoms with Gasteiger partial charge in [-0.2, -0.15) is 9.40 Å². The number of aromatic nitrogens is 2. The smallest absolute Gasteiger partial charge is 0.266 e. The topological polar surface area (TPSA) is 75.5 Å². The number of carbonyl (C=O) groups is 1. The van der Waals surface area contributed by atoms with E-state index in [4.69, 9.17) is 17.3 Å². The fourth-order valence-electron chi connectivity index (χ4n) is 5.46. The van der Waals surface area contributed by atoms with Gasteiger partial charge >= 0.3 is 0 Å². The van der Waals surface area contributed by atoms with Crippen molar-refractivity contribution in [2.45, 2.75) is 63.7 Å². The molecule has 1 amide bonds. The molecule has 3 heterocycles. The van der Waals surface area contributed by atoms with Crippen molar-refractivity contribution < 1.29 is 13.2 Å². The Morgan fingerprint density at radius 1 is 1.07 bits per heavy atom. The summed E-state index contributed by atoms with van der Waals surface area (Å²) in [5.74, 6) is 0.245. The first-order valence-corrected chi connectivity index (χ1v) is 17.5. The van der Waals surface area contributed by atoms with Gasteiger partial charge in [-0.15, -0.1) is 0 Å². The van der Waals surface area contributed by atoms with Gasteiger partial charge in [0, 0.05) is 37.0 Å². The molecule has 3 aromatic rings. The van der Waals surface area contributed by atoms with Crippen molar-refractivity contribution in [3.8, 4) is 16.9 Å². The van der Waals surface area contributed by atoms with E-state index in [-0.39, 0.29) is 10.8 Å². The highest BCUT2D eigenvalue weighted by molar-refractivity contribution is 8.26. The molecule has 2 saturated heterocycles. The number of hydrogen-bond acceptors (Lipinski definition) is 6. The minimum absolute atomic E-state index is 0.0885. The second-order valence-electron chi connectivity index (χ2n) is 11.1. The van der Waals surface area contributed by atoms with Gasteiger partial charge in [-0.1, -0.05) is 93.8 Å². The van der Waals surface area contributed by atoms with Crippen molar-refractivity contribution in [2.24, 2.45) is 5.92 Å². The molecule has 0 saturated carbocycles. The van der Waals surface area contributed by atoms with E-state index >= 15 is 0 Å². The zero-order valence-electron chi connectivity index (χ0n) is 24.2. The van der Waals surface area contributed by atoms with Crippen molar-refractivity contribution in [3.63, 3.8) is 0 Å². The van der Waals surface area contributed by atoms with Gasteiger partial charge in [0.1, 0.15) is 10.0 Å². The van der Waals surface area contributed by atoms with Gasteiger partial charge in [0.15, 0.2) is 0 Å². The summed E-state index contributed by atoms with van der Waals surface area (Å²) in [6.45, 7) is 5.96. The molecule has 0 radical (unpaired) electrons. The highest BCUT2D eigenvalue weighted by Gasteiger charge is 2.32. The number of rotatable bonds is 11. The molecule has 10 heteroatoms. The Balaban J connectivity index is 1.48. The highest BCUT2D eigenvalue weighted by atomic mass is 32.2. The van der Waals surface area contributed by atoms with Gasteiger partial charge in [0.2, 0.25) is 10.0 Å². The number of nitrogens with zero attached hydrogens (tertiary/aromatic N) is 4. The number of sulfonamides is 1. The van der Waals surface area contributed by atoms with Gasteiger partial charge in [0.05, 0.1) is 15.5 Å². The molecule has 5 rings (SSSR count). The van der Waals surface area contributed by atoms with Crippen LogP contribution in [0.4, 0.5) is 0 Å². The van der Waals surface area contributed by atoms with Gasteiger partial charge in [0.25, 0.3) is 5.91 Å². The van der Waals surface area contributed by atoms with Gasteiger partial charge < -0.3 is 0 Å². The Bertz CT molecular complexity index is 1570. The van der Waals surface area contributed by atoms with Crippen LogP contribution in [-0.2, 0) is 14.8 Å². The molecule has 1 unspecified atom stereocenters. The number of unbranched alkanes of at least 4 members (excludes halogenated alkanes) is 4. The molecule has 42 heavy (non-hydrogen) atoms. The average Bonchev–Trinajstić information content (AvgIpc) is 3.53. The number of piperidine rings is 1. The lowest BCUT2D eigenvalue weighted by Crippen LogP contribution is -2.39. The maximum absolute atomic E-state index is 13.6. The molecule has 0 bridgehead atoms. The lowest BCUT2D eigenvalue weighted by Gasteiger charge is -2.30. The molecule has 2 fully saturated rings. The van der Waals surface area contributed by atoms with Crippen LogP contribution >= 0.6 is 24.0 Å². The number of carbonyl (C=O) groups excluding carboxylic acids is 1. The number of hydrogen-bond donors (Lipinski definition) is 0. The molecule has 0 spiro atoms. The van der Waals surface area contributed by atoms with E-state index in [1.54, 1.807) is 32.1 Å². The Hall–Kier alpha value is -2.79. The van der Waals surface area contributed by atoms with Crippen LogP contribution in [0.2, 0.25) is 0 Å². The predicted molar refractivity (Wildman–Crippen MR) is 175 cm³/mol. The molecule has 1 aromatic heterocycles. The van der Waals surface area contributed by atoms with Crippen LogP contribution in [0, 0.1) is 5.92 Å². The third kappa shape index (κ3) is 6.88. The second kappa shape index (κ2) is 13.7. The number of para-hydroxylation sites is 1. The van der Waals surface area contributed by atoms with E-state index in [0.717, 1.165) is 43.4 Å². The summed E-state index contributed by atoms with van der Waals surface area (Å²) in [7, 11) is -3.64. The number of benzene rings is 2. The van der Waals surface area contributed by atoms with E-state index in [1.807, 2.05) is 48.7 Å². The van der Waals surface area contributed by atoms with E-state index in [9.17, 15) is 13.2 Å². The standard InChI is InChI=1S/C32H38N4O3S3/c1-3-4-5-6-10-19-35-31(37)29(41-32(35)40)21-26-23-36(27-15-8-7-9-16-27)33-30(26)25-14-11-17-28(20-25)42(38,39)34-18-12-13-24(2)22-34/h7-9,11,14-17,20-21,23-24H,3-6,10,12-13,18-19,22H2,1-2H3. The normalized spacial score (nSPS) is 19.2. The van der Waals surface area contributed by atoms with Crippen molar-refractivity contribution >= 4 is 50.3 Å². The zero-order valence-corrected chi connectivity index (χ0v) is 26.7. The van der Waals surface area contributed by atoms with Crippen molar-refractivity contribution in [1.29, 1.82) is 0 Å². The number of amides is 1. The van der Waals surface area contributed by atoms with Crippen molar-refractivity contribution in [1.82, 2.24) is 19.0 Å². The predicted octanol–water partition coefficient (Wildman–Crippen LogP) is 7.13. The zero-order chi connectivity index (χ0) is 29.7. The Labute approximate surface area is 259 Å². The Kier molecular flexibility index (Phi) is 9.98. The van der Waals surface area contributed by atoms with Crippen LogP contribution in [0.5, 0.6) is 0 Å². The summed E-state index contributed by atoms with van der Waals surface area (Å²) in [5, 5.41) is 4.88. The third-order valence-electron chi connectivity index (χ3n) is 7.77. The van der Waals surface area contributed by atoms with E-state index in [1.165, 1.54) is 24.6 Å². The Morgan fingerprint density at radius 2 is 1.86 bits per heavy atom. The van der Waals surface area contributed by atoms with Crippen LogP contribution in [-0.4, -0.2) is 57.3 Å². The summed E-state index contributed by atoms with van der Waals surface area (Å²) in [6.07, 6.45) is 11.2. The SMILES string of the molecule is CCCCCCCN1C(=O)C(=Cc2cn(-c3ccccc3)nc2-c2cccc(S(=O)(=O)N3CCCC(C)C3)c2)SC1=S. The van der Waals surface area contributed by atoms with Crippen LogP contribution in [0.15, 0.2) is 70.6 Å². The first-order chi connectivity index (χ1) is 20.3. The van der Waals surface area contributed by atoms with E-state index in [2.05, 4.69) is 13.8 Å². The van der Waals surface area contributed by atoms with Crippen LogP contribution in [0.25, 0.3) is 23.0 Å². The van der Waals surface area contributed by atoms with Gasteiger partial charge in [-0.3, -0.25) is 9.69 Å². The number of thiocarbonyl (C=S) groups is 1. The van der Waals surface area contributed by atoms with E-state index in [0.29, 0.717) is 46.0 Å². The average molecular weight is 623 g/mol. The number of thioether (sulfide) groups is 1. The summed E-state index contributed by atoms with van der Waals surface area (Å²) in [5.41, 5.74) is 2.87. The second-order valence-corrected chi connectivity index (χ2v) is 14.7.